The SMILES string of the molecule is NCC1(C(=O)Nc2ccc(-n3nccn3)cc2)CCC1. The Bertz CT molecular complexity index is 581. The van der Waals surface area contributed by atoms with Gasteiger partial charge in [-0.3, -0.25) is 4.79 Å². The maximum absolute atomic E-state index is 12.2. The van der Waals surface area contributed by atoms with Gasteiger partial charge < -0.3 is 11.1 Å². The van der Waals surface area contributed by atoms with Crippen molar-refractivity contribution in [1.82, 2.24) is 15.0 Å². The average Bonchev–Trinajstić information content (AvgIpc) is 2.93. The van der Waals surface area contributed by atoms with E-state index < -0.39 is 0 Å². The fourth-order valence-electron chi connectivity index (χ4n) is 2.42. The van der Waals surface area contributed by atoms with Crippen molar-refractivity contribution in [2.75, 3.05) is 11.9 Å². The molecule has 1 saturated carbocycles. The minimum Gasteiger partial charge on any atom is -0.329 e. The Morgan fingerprint density at radius 3 is 2.40 bits per heavy atom. The fraction of sp³-hybridized carbons (Fsp3) is 0.357. The van der Waals surface area contributed by atoms with Crippen molar-refractivity contribution >= 4 is 11.6 Å². The lowest BCUT2D eigenvalue weighted by molar-refractivity contribution is -0.129. The van der Waals surface area contributed by atoms with E-state index in [0.717, 1.165) is 30.6 Å². The second kappa shape index (κ2) is 5.05. The third kappa shape index (κ3) is 2.18. The number of aromatic nitrogens is 3. The number of benzene rings is 1. The van der Waals surface area contributed by atoms with E-state index in [1.165, 1.54) is 4.80 Å². The first kappa shape index (κ1) is 12.8. The molecule has 1 amide bonds. The van der Waals surface area contributed by atoms with Gasteiger partial charge in [0.15, 0.2) is 0 Å². The number of carbonyl (C=O) groups is 1. The lowest BCUT2D eigenvalue weighted by Gasteiger charge is -2.39. The van der Waals surface area contributed by atoms with E-state index >= 15 is 0 Å². The molecule has 20 heavy (non-hydrogen) atoms. The molecule has 1 heterocycles. The van der Waals surface area contributed by atoms with Gasteiger partial charge in [-0.2, -0.15) is 15.0 Å². The highest BCUT2D eigenvalue weighted by atomic mass is 16.2. The van der Waals surface area contributed by atoms with Crippen LogP contribution >= 0.6 is 0 Å². The number of amides is 1. The third-order valence-electron chi connectivity index (χ3n) is 3.96. The van der Waals surface area contributed by atoms with Crippen molar-refractivity contribution in [2.24, 2.45) is 11.1 Å². The minimum atomic E-state index is -0.359. The van der Waals surface area contributed by atoms with Crippen LogP contribution in [-0.4, -0.2) is 27.4 Å². The molecular weight excluding hydrogens is 254 g/mol. The van der Waals surface area contributed by atoms with Gasteiger partial charge in [0.25, 0.3) is 0 Å². The number of nitrogens with two attached hydrogens (primary N) is 1. The molecule has 104 valence electrons. The van der Waals surface area contributed by atoms with Gasteiger partial charge in [-0.15, -0.1) is 0 Å². The first-order chi connectivity index (χ1) is 9.73. The van der Waals surface area contributed by atoms with E-state index in [4.69, 9.17) is 5.73 Å². The van der Waals surface area contributed by atoms with E-state index in [-0.39, 0.29) is 11.3 Å². The normalized spacial score (nSPS) is 16.4. The molecule has 1 aromatic heterocycles. The van der Waals surface area contributed by atoms with Gasteiger partial charge in [0.2, 0.25) is 5.91 Å². The maximum Gasteiger partial charge on any atom is 0.231 e. The van der Waals surface area contributed by atoms with Gasteiger partial charge in [0.1, 0.15) is 0 Å². The van der Waals surface area contributed by atoms with Crippen LogP contribution in [0.15, 0.2) is 36.7 Å². The Morgan fingerprint density at radius 1 is 1.25 bits per heavy atom. The standard InChI is InChI=1S/C14H17N5O/c15-10-14(6-1-7-14)13(20)18-11-2-4-12(5-3-11)19-16-8-9-17-19/h2-5,8-9H,1,6-7,10,15H2,(H,18,20). The molecule has 1 aromatic carbocycles. The summed E-state index contributed by atoms with van der Waals surface area (Å²) in [4.78, 5) is 13.8. The molecule has 6 heteroatoms. The Kier molecular flexibility index (Phi) is 3.23. The second-order valence-electron chi connectivity index (χ2n) is 5.16. The van der Waals surface area contributed by atoms with E-state index in [9.17, 15) is 4.79 Å². The molecular formula is C14H17N5O. The highest BCUT2D eigenvalue weighted by Gasteiger charge is 2.42. The lowest BCUT2D eigenvalue weighted by atomic mass is 9.68. The summed E-state index contributed by atoms with van der Waals surface area (Å²) < 4.78 is 0. The van der Waals surface area contributed by atoms with Crippen LogP contribution in [-0.2, 0) is 4.79 Å². The van der Waals surface area contributed by atoms with E-state index in [2.05, 4.69) is 15.5 Å². The number of carbonyl (C=O) groups excluding carboxylic acids is 1. The monoisotopic (exact) mass is 271 g/mol. The fourth-order valence-corrected chi connectivity index (χ4v) is 2.42. The number of anilines is 1. The van der Waals surface area contributed by atoms with Crippen molar-refractivity contribution in [3.05, 3.63) is 36.7 Å². The van der Waals surface area contributed by atoms with Crippen molar-refractivity contribution in [2.45, 2.75) is 19.3 Å². The zero-order valence-corrected chi connectivity index (χ0v) is 11.1. The molecule has 1 fully saturated rings. The summed E-state index contributed by atoms with van der Waals surface area (Å²) in [5.41, 5.74) is 6.99. The summed E-state index contributed by atoms with van der Waals surface area (Å²) in [6, 6.07) is 7.43. The Balaban J connectivity index is 1.71. The molecule has 3 N–H and O–H groups in total. The zero-order chi connectivity index (χ0) is 14.0. The summed E-state index contributed by atoms with van der Waals surface area (Å²) in [6.07, 6.45) is 6.08. The van der Waals surface area contributed by atoms with Crippen LogP contribution in [0.4, 0.5) is 5.69 Å². The van der Waals surface area contributed by atoms with Crippen molar-refractivity contribution < 1.29 is 4.79 Å². The highest BCUT2D eigenvalue weighted by Crippen LogP contribution is 2.40. The van der Waals surface area contributed by atoms with Crippen LogP contribution < -0.4 is 11.1 Å². The van der Waals surface area contributed by atoms with E-state index in [0.29, 0.717) is 6.54 Å². The molecule has 0 aliphatic heterocycles. The molecule has 0 spiro atoms. The van der Waals surface area contributed by atoms with E-state index in [1.807, 2.05) is 24.3 Å². The molecule has 2 aromatic rings. The molecule has 0 radical (unpaired) electrons. The minimum absolute atomic E-state index is 0.0243. The van der Waals surface area contributed by atoms with Gasteiger partial charge in [0.05, 0.1) is 23.5 Å². The topological polar surface area (TPSA) is 85.8 Å². The van der Waals surface area contributed by atoms with Crippen LogP contribution in [0.5, 0.6) is 0 Å². The molecule has 1 aliphatic carbocycles. The van der Waals surface area contributed by atoms with Crippen molar-refractivity contribution in [3.8, 4) is 5.69 Å². The molecule has 0 saturated heterocycles. The first-order valence-corrected chi connectivity index (χ1v) is 6.72. The summed E-state index contributed by atoms with van der Waals surface area (Å²) in [5, 5.41) is 11.0. The van der Waals surface area contributed by atoms with Gasteiger partial charge in [-0.25, -0.2) is 0 Å². The number of nitrogens with one attached hydrogen (secondary N) is 1. The third-order valence-corrected chi connectivity index (χ3v) is 3.96. The predicted octanol–water partition coefficient (Wildman–Crippen LogP) is 1.33. The van der Waals surface area contributed by atoms with Crippen LogP contribution in [0.1, 0.15) is 19.3 Å². The number of hydrogen-bond donors (Lipinski definition) is 2. The molecule has 3 rings (SSSR count). The summed E-state index contributed by atoms with van der Waals surface area (Å²) in [6.45, 7) is 0.411. The summed E-state index contributed by atoms with van der Waals surface area (Å²) in [7, 11) is 0. The predicted molar refractivity (Wildman–Crippen MR) is 75.3 cm³/mol. The largest absolute Gasteiger partial charge is 0.329 e. The summed E-state index contributed by atoms with van der Waals surface area (Å²) >= 11 is 0. The average molecular weight is 271 g/mol. The maximum atomic E-state index is 12.2. The van der Waals surface area contributed by atoms with Crippen LogP contribution in [0.3, 0.4) is 0 Å². The van der Waals surface area contributed by atoms with Crippen LogP contribution in [0.2, 0.25) is 0 Å². The van der Waals surface area contributed by atoms with Crippen molar-refractivity contribution in [1.29, 1.82) is 0 Å². The molecule has 0 unspecified atom stereocenters. The number of rotatable bonds is 4. The number of hydrogen-bond acceptors (Lipinski definition) is 4. The van der Waals surface area contributed by atoms with Gasteiger partial charge >= 0.3 is 0 Å². The molecule has 0 atom stereocenters. The zero-order valence-electron chi connectivity index (χ0n) is 11.1. The Labute approximate surface area is 117 Å². The van der Waals surface area contributed by atoms with Gasteiger partial charge in [0, 0.05) is 12.2 Å². The van der Waals surface area contributed by atoms with Crippen molar-refractivity contribution in [3.63, 3.8) is 0 Å². The number of nitrogens with zero attached hydrogens (tertiary/aromatic N) is 3. The summed E-state index contributed by atoms with van der Waals surface area (Å²) in [5.74, 6) is 0.0243. The smallest absolute Gasteiger partial charge is 0.231 e. The lowest BCUT2D eigenvalue weighted by Crippen LogP contribution is -2.47. The molecule has 6 nitrogen and oxygen atoms in total. The Morgan fingerprint density at radius 2 is 1.90 bits per heavy atom. The Hall–Kier alpha value is -2.21. The van der Waals surface area contributed by atoms with E-state index in [1.54, 1.807) is 12.4 Å². The van der Waals surface area contributed by atoms with Gasteiger partial charge in [-0.1, -0.05) is 6.42 Å². The molecule has 1 aliphatic rings. The first-order valence-electron chi connectivity index (χ1n) is 6.72. The second-order valence-corrected chi connectivity index (χ2v) is 5.16. The quantitative estimate of drug-likeness (QED) is 0.878. The van der Waals surface area contributed by atoms with Crippen LogP contribution in [0.25, 0.3) is 5.69 Å². The van der Waals surface area contributed by atoms with Gasteiger partial charge in [-0.05, 0) is 37.1 Å². The van der Waals surface area contributed by atoms with Crippen LogP contribution in [0, 0.1) is 5.41 Å². The highest BCUT2D eigenvalue weighted by molar-refractivity contribution is 5.96. The molecule has 0 bridgehead atoms.